The van der Waals surface area contributed by atoms with Gasteiger partial charge in [0.2, 0.25) is 0 Å². The van der Waals surface area contributed by atoms with Crippen LogP contribution in [0.1, 0.15) is 31.4 Å². The molecule has 2 saturated carbocycles. The molecule has 0 radical (unpaired) electrons. The van der Waals surface area contributed by atoms with Gasteiger partial charge in [-0.25, -0.2) is 0 Å². The first kappa shape index (κ1) is 8.54. The van der Waals surface area contributed by atoms with Crippen LogP contribution in [0.5, 0.6) is 0 Å². The molecule has 0 saturated heterocycles. The van der Waals surface area contributed by atoms with E-state index in [4.69, 9.17) is 4.42 Å². The third-order valence-corrected chi connectivity index (χ3v) is 3.35. The monoisotopic (exact) mass is 191 g/mol. The van der Waals surface area contributed by atoms with Gasteiger partial charge in [0.1, 0.15) is 5.76 Å². The summed E-state index contributed by atoms with van der Waals surface area (Å²) in [5.74, 6) is 3.01. The van der Waals surface area contributed by atoms with Crippen molar-refractivity contribution in [2.24, 2.45) is 11.8 Å². The maximum atomic E-state index is 5.32. The van der Waals surface area contributed by atoms with Crippen LogP contribution in [0.15, 0.2) is 22.8 Å². The molecular weight excluding hydrogens is 174 g/mol. The van der Waals surface area contributed by atoms with Gasteiger partial charge in [-0.15, -0.1) is 0 Å². The molecule has 2 aliphatic carbocycles. The molecule has 3 rings (SSSR count). The SMILES string of the molecule is c1coc(CNC(C2CC2)C2CC2)c1. The van der Waals surface area contributed by atoms with E-state index in [1.165, 1.54) is 25.7 Å². The molecule has 2 nitrogen and oxygen atoms in total. The molecule has 76 valence electrons. The van der Waals surface area contributed by atoms with Crippen LogP contribution in [0.3, 0.4) is 0 Å². The van der Waals surface area contributed by atoms with Crippen molar-refractivity contribution in [1.82, 2.24) is 5.32 Å². The quantitative estimate of drug-likeness (QED) is 0.773. The van der Waals surface area contributed by atoms with Crippen molar-refractivity contribution >= 4 is 0 Å². The Hall–Kier alpha value is -0.760. The molecule has 14 heavy (non-hydrogen) atoms. The molecule has 0 aliphatic heterocycles. The summed E-state index contributed by atoms with van der Waals surface area (Å²) in [5.41, 5.74) is 0. The highest BCUT2D eigenvalue weighted by atomic mass is 16.3. The van der Waals surface area contributed by atoms with Crippen LogP contribution in [0.4, 0.5) is 0 Å². The van der Waals surface area contributed by atoms with Crippen molar-refractivity contribution in [2.45, 2.75) is 38.3 Å². The number of nitrogens with one attached hydrogen (secondary N) is 1. The summed E-state index contributed by atoms with van der Waals surface area (Å²) in [6.45, 7) is 0.907. The maximum absolute atomic E-state index is 5.32. The first-order valence-corrected chi connectivity index (χ1v) is 5.69. The van der Waals surface area contributed by atoms with Crippen molar-refractivity contribution in [3.63, 3.8) is 0 Å². The Kier molecular flexibility index (Phi) is 2.09. The normalized spacial score (nSPS) is 21.8. The molecule has 1 N–H and O–H groups in total. The van der Waals surface area contributed by atoms with E-state index in [1.54, 1.807) is 6.26 Å². The van der Waals surface area contributed by atoms with Gasteiger partial charge in [0, 0.05) is 6.04 Å². The van der Waals surface area contributed by atoms with E-state index < -0.39 is 0 Å². The summed E-state index contributed by atoms with van der Waals surface area (Å²) in [6, 6.07) is 4.78. The van der Waals surface area contributed by atoms with E-state index in [2.05, 4.69) is 5.32 Å². The second-order valence-electron chi connectivity index (χ2n) is 4.66. The van der Waals surface area contributed by atoms with E-state index in [0.717, 1.165) is 30.2 Å². The van der Waals surface area contributed by atoms with Gasteiger partial charge in [0.05, 0.1) is 12.8 Å². The fourth-order valence-electron chi connectivity index (χ4n) is 2.26. The zero-order valence-electron chi connectivity index (χ0n) is 8.41. The summed E-state index contributed by atoms with van der Waals surface area (Å²) in [5, 5.41) is 3.65. The molecule has 2 fully saturated rings. The average Bonchev–Trinajstić information content (AvgIpc) is 3.09. The van der Waals surface area contributed by atoms with Crippen molar-refractivity contribution < 1.29 is 4.42 Å². The molecule has 0 atom stereocenters. The van der Waals surface area contributed by atoms with Crippen LogP contribution < -0.4 is 5.32 Å². The van der Waals surface area contributed by atoms with Crippen LogP contribution in [-0.4, -0.2) is 6.04 Å². The summed E-state index contributed by atoms with van der Waals surface area (Å²) in [6.07, 6.45) is 7.50. The highest BCUT2D eigenvalue weighted by molar-refractivity contribution is 5.01. The Bertz CT molecular complexity index is 273. The minimum Gasteiger partial charge on any atom is -0.468 e. The summed E-state index contributed by atoms with van der Waals surface area (Å²) >= 11 is 0. The fourth-order valence-corrected chi connectivity index (χ4v) is 2.26. The predicted octanol–water partition coefficient (Wildman–Crippen LogP) is 2.56. The fraction of sp³-hybridized carbons (Fsp3) is 0.667. The highest BCUT2D eigenvalue weighted by Gasteiger charge is 2.40. The van der Waals surface area contributed by atoms with Crippen molar-refractivity contribution in [3.8, 4) is 0 Å². The Morgan fingerprint density at radius 3 is 2.50 bits per heavy atom. The second kappa shape index (κ2) is 3.43. The zero-order chi connectivity index (χ0) is 9.38. The van der Waals surface area contributed by atoms with Crippen LogP contribution in [0.2, 0.25) is 0 Å². The van der Waals surface area contributed by atoms with Gasteiger partial charge in [-0.2, -0.15) is 0 Å². The summed E-state index contributed by atoms with van der Waals surface area (Å²) in [7, 11) is 0. The number of furan rings is 1. The topological polar surface area (TPSA) is 25.2 Å². The predicted molar refractivity (Wildman–Crippen MR) is 54.8 cm³/mol. The highest BCUT2D eigenvalue weighted by Crippen LogP contribution is 2.44. The van der Waals surface area contributed by atoms with Gasteiger partial charge < -0.3 is 9.73 Å². The Labute approximate surface area is 84.7 Å². The van der Waals surface area contributed by atoms with Crippen molar-refractivity contribution in [2.75, 3.05) is 0 Å². The minimum absolute atomic E-state index is 0.778. The lowest BCUT2D eigenvalue weighted by Crippen LogP contribution is -2.32. The minimum atomic E-state index is 0.778. The smallest absolute Gasteiger partial charge is 0.117 e. The molecule has 0 spiro atoms. The third kappa shape index (κ3) is 1.85. The molecule has 1 heterocycles. The van der Waals surface area contributed by atoms with Gasteiger partial charge in [-0.3, -0.25) is 0 Å². The Morgan fingerprint density at radius 1 is 1.29 bits per heavy atom. The van der Waals surface area contributed by atoms with E-state index in [0.29, 0.717) is 0 Å². The lowest BCUT2D eigenvalue weighted by atomic mass is 10.1. The third-order valence-electron chi connectivity index (χ3n) is 3.35. The molecular formula is C12H17NO. The van der Waals surface area contributed by atoms with Crippen LogP contribution >= 0.6 is 0 Å². The number of hydrogen-bond acceptors (Lipinski definition) is 2. The molecule has 0 bridgehead atoms. The standard InChI is InChI=1S/C12H17NO/c1-2-11(14-7-1)8-13-12(9-3-4-9)10-5-6-10/h1-2,7,9-10,12-13H,3-6,8H2. The average molecular weight is 191 g/mol. The van der Waals surface area contributed by atoms with Gasteiger partial charge in [-0.05, 0) is 49.7 Å². The summed E-state index contributed by atoms with van der Waals surface area (Å²) in [4.78, 5) is 0. The lowest BCUT2D eigenvalue weighted by molar-refractivity contribution is 0.387. The summed E-state index contributed by atoms with van der Waals surface area (Å²) < 4.78 is 5.32. The molecule has 1 aromatic rings. The maximum Gasteiger partial charge on any atom is 0.117 e. The number of hydrogen-bond donors (Lipinski definition) is 1. The van der Waals surface area contributed by atoms with Gasteiger partial charge in [-0.1, -0.05) is 0 Å². The van der Waals surface area contributed by atoms with Gasteiger partial charge in [0.15, 0.2) is 0 Å². The molecule has 0 unspecified atom stereocenters. The Balaban J connectivity index is 1.54. The molecule has 0 aromatic carbocycles. The van der Waals surface area contributed by atoms with Crippen LogP contribution in [0.25, 0.3) is 0 Å². The lowest BCUT2D eigenvalue weighted by Gasteiger charge is -2.16. The molecule has 2 heteroatoms. The van der Waals surface area contributed by atoms with Gasteiger partial charge >= 0.3 is 0 Å². The van der Waals surface area contributed by atoms with E-state index in [1.807, 2.05) is 12.1 Å². The second-order valence-corrected chi connectivity index (χ2v) is 4.66. The first-order valence-electron chi connectivity index (χ1n) is 5.69. The molecule has 1 aromatic heterocycles. The van der Waals surface area contributed by atoms with Gasteiger partial charge in [0.25, 0.3) is 0 Å². The van der Waals surface area contributed by atoms with E-state index in [-0.39, 0.29) is 0 Å². The molecule has 0 amide bonds. The van der Waals surface area contributed by atoms with Crippen LogP contribution in [-0.2, 0) is 6.54 Å². The first-order chi connectivity index (χ1) is 6.93. The largest absolute Gasteiger partial charge is 0.468 e. The molecule has 2 aliphatic rings. The van der Waals surface area contributed by atoms with E-state index >= 15 is 0 Å². The van der Waals surface area contributed by atoms with E-state index in [9.17, 15) is 0 Å². The zero-order valence-corrected chi connectivity index (χ0v) is 8.41. The number of rotatable bonds is 5. The Morgan fingerprint density at radius 2 is 2.00 bits per heavy atom. The van der Waals surface area contributed by atoms with Crippen molar-refractivity contribution in [1.29, 1.82) is 0 Å². The van der Waals surface area contributed by atoms with Crippen molar-refractivity contribution in [3.05, 3.63) is 24.2 Å². The van der Waals surface area contributed by atoms with Crippen LogP contribution in [0, 0.1) is 11.8 Å².